The summed E-state index contributed by atoms with van der Waals surface area (Å²) in [6, 6.07) is 0. The molecule has 0 aromatic carbocycles. The number of Topliss-reactive ketones (excluding diaryl/α,β-unsaturated/α-hetero) is 1. The zero-order valence-electron chi connectivity index (χ0n) is 24.3. The van der Waals surface area contributed by atoms with Crippen molar-refractivity contribution in [1.82, 2.24) is 0 Å². The summed E-state index contributed by atoms with van der Waals surface area (Å²) < 4.78 is 0. The SMILES string of the molecule is CCCCCCCC/C=C/CCCCCCCCCCCCCCCCC/C=C/CCCC(C)=O. The highest BCUT2D eigenvalue weighted by molar-refractivity contribution is 5.75. The molecule has 35 heavy (non-hydrogen) atoms. The van der Waals surface area contributed by atoms with Gasteiger partial charge in [-0.25, -0.2) is 0 Å². The van der Waals surface area contributed by atoms with Gasteiger partial charge in [-0.15, -0.1) is 0 Å². The van der Waals surface area contributed by atoms with Gasteiger partial charge in [-0.3, -0.25) is 0 Å². The van der Waals surface area contributed by atoms with Crippen molar-refractivity contribution in [2.24, 2.45) is 0 Å². The summed E-state index contributed by atoms with van der Waals surface area (Å²) >= 11 is 0. The molecule has 0 heterocycles. The van der Waals surface area contributed by atoms with Gasteiger partial charge in [0.25, 0.3) is 0 Å². The number of carbonyl (C=O) groups excluding carboxylic acids is 1. The summed E-state index contributed by atoms with van der Waals surface area (Å²) in [7, 11) is 0. The molecular weight excluding hydrogens is 424 g/mol. The maximum absolute atomic E-state index is 10.9. The Hall–Kier alpha value is -0.850. The highest BCUT2D eigenvalue weighted by Gasteiger charge is 1.95. The van der Waals surface area contributed by atoms with Crippen molar-refractivity contribution in [3.63, 3.8) is 0 Å². The van der Waals surface area contributed by atoms with Crippen LogP contribution in [0.1, 0.15) is 187 Å². The van der Waals surface area contributed by atoms with Gasteiger partial charge >= 0.3 is 0 Å². The van der Waals surface area contributed by atoms with Crippen LogP contribution in [0.15, 0.2) is 24.3 Å². The molecule has 0 bridgehead atoms. The van der Waals surface area contributed by atoms with Crippen LogP contribution in [0.2, 0.25) is 0 Å². The lowest BCUT2D eigenvalue weighted by atomic mass is 10.0. The highest BCUT2D eigenvalue weighted by atomic mass is 16.1. The fourth-order valence-electron chi connectivity index (χ4n) is 4.81. The summed E-state index contributed by atoms with van der Waals surface area (Å²) in [6.07, 6.45) is 46.0. The van der Waals surface area contributed by atoms with Gasteiger partial charge in [0.05, 0.1) is 0 Å². The maximum Gasteiger partial charge on any atom is 0.129 e. The van der Waals surface area contributed by atoms with Crippen LogP contribution in [-0.4, -0.2) is 5.78 Å². The van der Waals surface area contributed by atoms with E-state index in [9.17, 15) is 4.79 Å². The van der Waals surface area contributed by atoms with Crippen molar-refractivity contribution < 1.29 is 4.79 Å². The molecule has 0 radical (unpaired) electrons. The minimum Gasteiger partial charge on any atom is -0.300 e. The smallest absolute Gasteiger partial charge is 0.129 e. The fraction of sp³-hybridized carbons (Fsp3) is 0.853. The molecule has 0 aromatic rings. The predicted octanol–water partition coefficient (Wildman–Crippen LogP) is 12.2. The minimum atomic E-state index is 0.316. The predicted molar refractivity (Wildman–Crippen MR) is 159 cm³/mol. The van der Waals surface area contributed by atoms with Crippen LogP contribution in [0, 0.1) is 0 Å². The van der Waals surface area contributed by atoms with E-state index in [0.29, 0.717) is 5.78 Å². The van der Waals surface area contributed by atoms with Crippen molar-refractivity contribution in [3.8, 4) is 0 Å². The molecule has 0 aromatic heterocycles. The Labute approximate surface area is 222 Å². The lowest BCUT2D eigenvalue weighted by Gasteiger charge is -2.03. The standard InChI is InChI=1S/C34H64O/c1-3-4-5-6-7-8-9-10-11-12-13-14-15-16-17-18-19-20-21-22-23-24-25-26-27-28-29-30-31-32-33-34(2)35/h10-11,29-30H,3-9,12-28,31-33H2,1-2H3/b11-10+,30-29+. The summed E-state index contributed by atoms with van der Waals surface area (Å²) in [5.74, 6) is 0.316. The average Bonchev–Trinajstić information content (AvgIpc) is 2.85. The average molecular weight is 489 g/mol. The third kappa shape index (κ3) is 33.1. The number of unbranched alkanes of at least 4 members (excludes halogenated alkanes) is 23. The van der Waals surface area contributed by atoms with E-state index in [1.165, 1.54) is 154 Å². The van der Waals surface area contributed by atoms with Crippen molar-refractivity contribution in [3.05, 3.63) is 24.3 Å². The van der Waals surface area contributed by atoms with Crippen molar-refractivity contribution in [2.75, 3.05) is 0 Å². The van der Waals surface area contributed by atoms with E-state index < -0.39 is 0 Å². The van der Waals surface area contributed by atoms with Gasteiger partial charge in [-0.1, -0.05) is 147 Å². The Balaban J connectivity index is 3.10. The Kier molecular flexibility index (Phi) is 30.4. The molecule has 0 rings (SSSR count). The first-order valence-corrected chi connectivity index (χ1v) is 16.1. The van der Waals surface area contributed by atoms with E-state index >= 15 is 0 Å². The van der Waals surface area contributed by atoms with Gasteiger partial charge in [0.2, 0.25) is 0 Å². The Morgan fingerprint density at radius 1 is 0.400 bits per heavy atom. The number of carbonyl (C=O) groups is 1. The lowest BCUT2D eigenvalue weighted by Crippen LogP contribution is -1.87. The third-order valence-corrected chi connectivity index (χ3v) is 7.20. The first kappa shape index (κ1) is 34.1. The molecule has 0 aliphatic rings. The van der Waals surface area contributed by atoms with Gasteiger partial charge in [-0.05, 0) is 58.3 Å². The topological polar surface area (TPSA) is 17.1 Å². The van der Waals surface area contributed by atoms with Crippen LogP contribution < -0.4 is 0 Å². The van der Waals surface area contributed by atoms with Crippen molar-refractivity contribution in [1.29, 1.82) is 0 Å². The van der Waals surface area contributed by atoms with Gasteiger partial charge < -0.3 is 4.79 Å². The van der Waals surface area contributed by atoms with E-state index in [1.54, 1.807) is 6.92 Å². The van der Waals surface area contributed by atoms with Crippen LogP contribution >= 0.6 is 0 Å². The fourth-order valence-corrected chi connectivity index (χ4v) is 4.81. The quantitative estimate of drug-likeness (QED) is 0.0755. The second kappa shape index (κ2) is 31.2. The molecule has 0 saturated carbocycles. The number of ketones is 1. The zero-order valence-corrected chi connectivity index (χ0v) is 24.3. The number of rotatable bonds is 29. The molecule has 0 N–H and O–H groups in total. The lowest BCUT2D eigenvalue weighted by molar-refractivity contribution is -0.117. The van der Waals surface area contributed by atoms with Crippen LogP contribution in [0.3, 0.4) is 0 Å². The highest BCUT2D eigenvalue weighted by Crippen LogP contribution is 2.14. The normalized spacial score (nSPS) is 11.8. The van der Waals surface area contributed by atoms with E-state index in [2.05, 4.69) is 31.2 Å². The van der Waals surface area contributed by atoms with E-state index in [4.69, 9.17) is 0 Å². The van der Waals surface area contributed by atoms with Crippen LogP contribution in [0.25, 0.3) is 0 Å². The van der Waals surface area contributed by atoms with E-state index in [0.717, 1.165) is 19.3 Å². The van der Waals surface area contributed by atoms with E-state index in [-0.39, 0.29) is 0 Å². The summed E-state index contributed by atoms with van der Waals surface area (Å²) in [6.45, 7) is 3.98. The van der Waals surface area contributed by atoms with Gasteiger partial charge in [0.1, 0.15) is 5.78 Å². The van der Waals surface area contributed by atoms with Gasteiger partial charge in [-0.2, -0.15) is 0 Å². The van der Waals surface area contributed by atoms with Crippen LogP contribution in [0.5, 0.6) is 0 Å². The number of hydrogen-bond donors (Lipinski definition) is 0. The van der Waals surface area contributed by atoms with Crippen LogP contribution in [-0.2, 0) is 4.79 Å². The Morgan fingerprint density at radius 2 is 0.657 bits per heavy atom. The number of hydrogen-bond acceptors (Lipinski definition) is 1. The van der Waals surface area contributed by atoms with Gasteiger partial charge in [0.15, 0.2) is 0 Å². The van der Waals surface area contributed by atoms with Gasteiger partial charge in [0, 0.05) is 6.42 Å². The summed E-state index contributed by atoms with van der Waals surface area (Å²) in [5, 5.41) is 0. The van der Waals surface area contributed by atoms with E-state index in [1.807, 2.05) is 0 Å². The largest absolute Gasteiger partial charge is 0.300 e. The molecule has 0 spiro atoms. The molecule has 0 aliphatic carbocycles. The zero-order chi connectivity index (χ0) is 25.5. The molecule has 0 unspecified atom stereocenters. The summed E-state index contributed by atoms with van der Waals surface area (Å²) in [4.78, 5) is 10.9. The van der Waals surface area contributed by atoms with Crippen molar-refractivity contribution >= 4 is 5.78 Å². The molecular formula is C34H64O. The molecule has 1 heteroatoms. The Bertz CT molecular complexity index is 461. The minimum absolute atomic E-state index is 0.316. The molecule has 0 saturated heterocycles. The molecule has 206 valence electrons. The molecule has 0 atom stereocenters. The third-order valence-electron chi connectivity index (χ3n) is 7.20. The molecule has 0 amide bonds. The number of allylic oxidation sites excluding steroid dienone is 4. The molecule has 1 nitrogen and oxygen atoms in total. The van der Waals surface area contributed by atoms with Crippen molar-refractivity contribution in [2.45, 2.75) is 187 Å². The first-order chi connectivity index (χ1) is 17.3. The molecule has 0 fully saturated rings. The summed E-state index contributed by atoms with van der Waals surface area (Å²) in [5.41, 5.74) is 0. The molecule has 0 aliphatic heterocycles. The van der Waals surface area contributed by atoms with Crippen LogP contribution in [0.4, 0.5) is 0 Å². The maximum atomic E-state index is 10.9. The second-order valence-corrected chi connectivity index (χ2v) is 11.0. The monoisotopic (exact) mass is 488 g/mol. The Morgan fingerprint density at radius 3 is 0.943 bits per heavy atom. The second-order valence-electron chi connectivity index (χ2n) is 11.0. The first-order valence-electron chi connectivity index (χ1n) is 16.1.